The van der Waals surface area contributed by atoms with Gasteiger partial charge in [-0.25, -0.2) is 0 Å². The van der Waals surface area contributed by atoms with Gasteiger partial charge in [0, 0.05) is 12.1 Å². The van der Waals surface area contributed by atoms with Gasteiger partial charge >= 0.3 is 0 Å². The highest BCUT2D eigenvalue weighted by Crippen LogP contribution is 2.44. The average molecular weight is 276 g/mol. The third-order valence-electron chi connectivity index (χ3n) is 5.89. The van der Waals surface area contributed by atoms with Crippen LogP contribution in [0, 0.1) is 17.8 Å². The Morgan fingerprint density at radius 3 is 2.60 bits per heavy atom. The van der Waals surface area contributed by atoms with Crippen molar-refractivity contribution in [3.8, 4) is 0 Å². The molecule has 0 aromatic carbocycles. The lowest BCUT2D eigenvalue weighted by Crippen LogP contribution is -2.48. The molecule has 2 fully saturated rings. The molecular weight excluding hydrogens is 244 g/mol. The van der Waals surface area contributed by atoms with E-state index in [0.29, 0.717) is 6.04 Å². The quantitative estimate of drug-likeness (QED) is 0.748. The number of nitrogens with one attached hydrogen (secondary N) is 1. The highest BCUT2D eigenvalue weighted by molar-refractivity contribution is 5.11. The topological polar surface area (TPSA) is 15.3 Å². The van der Waals surface area contributed by atoms with Gasteiger partial charge in [-0.1, -0.05) is 25.5 Å². The molecule has 2 nitrogen and oxygen atoms in total. The highest BCUT2D eigenvalue weighted by atomic mass is 15.1. The summed E-state index contributed by atoms with van der Waals surface area (Å²) in [7, 11) is 0. The fourth-order valence-electron chi connectivity index (χ4n) is 4.60. The SMILES string of the molecule is CCCCN1CCC(NC(C)C2CC3C=CC2C3)CC1. The van der Waals surface area contributed by atoms with Crippen LogP contribution >= 0.6 is 0 Å². The molecule has 0 spiro atoms. The lowest BCUT2D eigenvalue weighted by atomic mass is 9.86. The summed E-state index contributed by atoms with van der Waals surface area (Å²) in [5.74, 6) is 2.69. The standard InChI is InChI=1S/C18H32N2/c1-3-4-9-20-10-7-17(8-11-20)19-14(2)18-13-15-5-6-16(18)12-15/h5-6,14-19H,3-4,7-13H2,1-2H3. The predicted molar refractivity (Wildman–Crippen MR) is 85.8 cm³/mol. The molecule has 20 heavy (non-hydrogen) atoms. The Bertz CT molecular complexity index is 330. The third kappa shape index (κ3) is 3.28. The maximum atomic E-state index is 3.96. The van der Waals surface area contributed by atoms with Crippen molar-refractivity contribution in [3.63, 3.8) is 0 Å². The Morgan fingerprint density at radius 2 is 2.00 bits per heavy atom. The van der Waals surface area contributed by atoms with Crippen molar-refractivity contribution < 1.29 is 0 Å². The lowest BCUT2D eigenvalue weighted by Gasteiger charge is -2.36. The van der Waals surface area contributed by atoms with Gasteiger partial charge in [-0.2, -0.15) is 0 Å². The average Bonchev–Trinajstić information content (AvgIpc) is 3.09. The van der Waals surface area contributed by atoms with E-state index in [-0.39, 0.29) is 0 Å². The summed E-state index contributed by atoms with van der Waals surface area (Å²) in [5.41, 5.74) is 0. The van der Waals surface area contributed by atoms with Crippen molar-refractivity contribution in [2.45, 2.75) is 64.5 Å². The van der Waals surface area contributed by atoms with E-state index >= 15 is 0 Å². The Morgan fingerprint density at radius 1 is 1.20 bits per heavy atom. The molecule has 2 bridgehead atoms. The summed E-state index contributed by atoms with van der Waals surface area (Å²) in [5, 5.41) is 3.96. The molecule has 1 saturated heterocycles. The maximum Gasteiger partial charge on any atom is 0.00940 e. The molecule has 4 unspecified atom stereocenters. The first kappa shape index (κ1) is 14.6. The van der Waals surface area contributed by atoms with E-state index in [1.165, 1.54) is 58.2 Å². The summed E-state index contributed by atoms with van der Waals surface area (Å²) in [6, 6.07) is 1.48. The van der Waals surface area contributed by atoms with Crippen LogP contribution in [0.3, 0.4) is 0 Å². The van der Waals surface area contributed by atoms with Crippen LogP contribution in [0.1, 0.15) is 52.4 Å². The summed E-state index contributed by atoms with van der Waals surface area (Å²) in [4.78, 5) is 2.66. The van der Waals surface area contributed by atoms with Crippen molar-refractivity contribution in [3.05, 3.63) is 12.2 Å². The molecule has 3 aliphatic rings. The van der Waals surface area contributed by atoms with E-state index in [0.717, 1.165) is 23.8 Å². The van der Waals surface area contributed by atoms with Crippen LogP contribution in [0.4, 0.5) is 0 Å². The van der Waals surface area contributed by atoms with Crippen LogP contribution in [0.15, 0.2) is 12.2 Å². The molecule has 0 aromatic heterocycles. The summed E-state index contributed by atoms with van der Waals surface area (Å²) >= 11 is 0. The number of nitrogens with zero attached hydrogens (tertiary/aromatic N) is 1. The minimum absolute atomic E-state index is 0.710. The molecule has 0 radical (unpaired) electrons. The predicted octanol–water partition coefficient (Wildman–Crippen LogP) is 3.44. The van der Waals surface area contributed by atoms with Gasteiger partial charge in [0.15, 0.2) is 0 Å². The molecule has 0 aromatic rings. The van der Waals surface area contributed by atoms with Crippen LogP contribution in [0.2, 0.25) is 0 Å². The number of unbranched alkanes of at least 4 members (excludes halogenated alkanes) is 1. The van der Waals surface area contributed by atoms with Crippen molar-refractivity contribution in [2.75, 3.05) is 19.6 Å². The number of rotatable bonds is 6. The van der Waals surface area contributed by atoms with Gasteiger partial charge in [0.1, 0.15) is 0 Å². The lowest BCUT2D eigenvalue weighted by molar-refractivity contribution is 0.178. The Labute approximate surface area is 125 Å². The van der Waals surface area contributed by atoms with Gasteiger partial charge < -0.3 is 10.2 Å². The van der Waals surface area contributed by atoms with Gasteiger partial charge in [0.2, 0.25) is 0 Å². The first-order valence-electron chi connectivity index (χ1n) is 8.93. The number of likely N-dealkylation sites (tertiary alicyclic amines) is 1. The van der Waals surface area contributed by atoms with Crippen molar-refractivity contribution in [2.24, 2.45) is 17.8 Å². The Hall–Kier alpha value is -0.340. The first-order chi connectivity index (χ1) is 9.76. The van der Waals surface area contributed by atoms with E-state index < -0.39 is 0 Å². The van der Waals surface area contributed by atoms with Crippen LogP contribution in [0.25, 0.3) is 0 Å². The monoisotopic (exact) mass is 276 g/mol. The van der Waals surface area contributed by atoms with Crippen molar-refractivity contribution in [1.82, 2.24) is 10.2 Å². The third-order valence-corrected chi connectivity index (χ3v) is 5.89. The van der Waals surface area contributed by atoms with Crippen LogP contribution in [0.5, 0.6) is 0 Å². The van der Waals surface area contributed by atoms with E-state index in [2.05, 4.69) is 36.2 Å². The fraction of sp³-hybridized carbons (Fsp3) is 0.889. The molecule has 2 heteroatoms. The van der Waals surface area contributed by atoms with Crippen LogP contribution in [-0.2, 0) is 0 Å². The number of hydrogen-bond donors (Lipinski definition) is 1. The van der Waals surface area contributed by atoms with Crippen molar-refractivity contribution in [1.29, 1.82) is 0 Å². The summed E-state index contributed by atoms with van der Waals surface area (Å²) in [6.07, 6.45) is 13.2. The molecular formula is C18H32N2. The molecule has 0 amide bonds. The normalized spacial score (nSPS) is 35.8. The van der Waals surface area contributed by atoms with Crippen LogP contribution in [-0.4, -0.2) is 36.6 Å². The maximum absolute atomic E-state index is 3.96. The van der Waals surface area contributed by atoms with E-state index in [9.17, 15) is 0 Å². The molecule has 3 rings (SSSR count). The second-order valence-corrected chi connectivity index (χ2v) is 7.37. The van der Waals surface area contributed by atoms with Crippen LogP contribution < -0.4 is 5.32 Å². The van der Waals surface area contributed by atoms with Gasteiger partial charge in [-0.15, -0.1) is 0 Å². The zero-order valence-electron chi connectivity index (χ0n) is 13.4. The highest BCUT2D eigenvalue weighted by Gasteiger charge is 2.38. The summed E-state index contributed by atoms with van der Waals surface area (Å²) < 4.78 is 0. The van der Waals surface area contributed by atoms with Gasteiger partial charge in [0.05, 0.1) is 0 Å². The first-order valence-corrected chi connectivity index (χ1v) is 8.93. The molecule has 1 aliphatic heterocycles. The summed E-state index contributed by atoms with van der Waals surface area (Å²) in [6.45, 7) is 8.65. The largest absolute Gasteiger partial charge is 0.311 e. The number of piperidine rings is 1. The molecule has 1 saturated carbocycles. The minimum atomic E-state index is 0.710. The van der Waals surface area contributed by atoms with E-state index in [4.69, 9.17) is 0 Å². The molecule has 1 heterocycles. The van der Waals surface area contributed by atoms with E-state index in [1.807, 2.05) is 0 Å². The number of hydrogen-bond acceptors (Lipinski definition) is 2. The Balaban J connectivity index is 1.40. The smallest absolute Gasteiger partial charge is 0.00940 e. The zero-order valence-corrected chi connectivity index (χ0v) is 13.4. The van der Waals surface area contributed by atoms with Gasteiger partial charge in [-0.3, -0.25) is 0 Å². The molecule has 2 aliphatic carbocycles. The number of allylic oxidation sites excluding steroid dienone is 2. The molecule has 4 atom stereocenters. The minimum Gasteiger partial charge on any atom is -0.311 e. The van der Waals surface area contributed by atoms with Gasteiger partial charge in [-0.05, 0) is 76.4 Å². The second kappa shape index (κ2) is 6.62. The molecule has 114 valence electrons. The van der Waals surface area contributed by atoms with E-state index in [1.54, 1.807) is 0 Å². The van der Waals surface area contributed by atoms with Gasteiger partial charge in [0.25, 0.3) is 0 Å². The van der Waals surface area contributed by atoms with Crippen molar-refractivity contribution >= 4 is 0 Å². The zero-order chi connectivity index (χ0) is 13.9. The fourth-order valence-corrected chi connectivity index (χ4v) is 4.60. The number of fused-ring (bicyclic) bond motifs is 2. The Kier molecular flexibility index (Phi) is 4.83. The second-order valence-electron chi connectivity index (χ2n) is 7.37. The molecule has 1 N–H and O–H groups in total.